The van der Waals surface area contributed by atoms with Crippen molar-refractivity contribution in [2.24, 2.45) is 17.3 Å². The van der Waals surface area contributed by atoms with Gasteiger partial charge in [0.1, 0.15) is 0 Å². The second kappa shape index (κ2) is 4.81. The molecule has 0 amide bonds. The van der Waals surface area contributed by atoms with Crippen molar-refractivity contribution in [2.75, 3.05) is 11.8 Å². The first-order valence-electron chi connectivity index (χ1n) is 4.96. The van der Waals surface area contributed by atoms with Crippen LogP contribution in [0, 0.1) is 17.3 Å². The zero-order chi connectivity index (χ0) is 11.0. The van der Waals surface area contributed by atoms with E-state index >= 15 is 0 Å². The summed E-state index contributed by atoms with van der Waals surface area (Å²) in [7, 11) is 0. The molecule has 1 aliphatic rings. The minimum atomic E-state index is -0.0278. The van der Waals surface area contributed by atoms with Crippen LogP contribution in [0.15, 0.2) is 0 Å². The Hall–Kier alpha value is 1.54. The van der Waals surface area contributed by atoms with E-state index in [4.69, 9.17) is 23.2 Å². The van der Waals surface area contributed by atoms with E-state index in [2.05, 4.69) is 45.7 Å². The highest BCUT2D eigenvalue weighted by atomic mass is 79.9. The first kappa shape index (κ1) is 13.6. The molecule has 1 rings (SSSR count). The van der Waals surface area contributed by atoms with Gasteiger partial charge in [-0.1, -0.05) is 52.1 Å². The summed E-state index contributed by atoms with van der Waals surface area (Å²) in [4.78, 5) is 0. The molecule has 0 aromatic rings. The van der Waals surface area contributed by atoms with E-state index in [1.807, 2.05) is 0 Å². The number of hydrogen-bond donors (Lipinski definition) is 0. The maximum atomic E-state index is 6.02. The summed E-state index contributed by atoms with van der Waals surface area (Å²) >= 11 is 19.4. The summed E-state index contributed by atoms with van der Waals surface area (Å²) in [5, 5.41) is 0. The van der Waals surface area contributed by atoms with Crippen molar-refractivity contribution in [3.05, 3.63) is 0 Å². The standard InChI is InChI=1S/C10H16Br2Cl2/c1-3-7(2)4-8-9(5-13,6-14)10(8,11)12/h7-8H,3-6H2,1-2H3. The monoisotopic (exact) mass is 364 g/mol. The summed E-state index contributed by atoms with van der Waals surface area (Å²) in [5.41, 5.74) is 0.0412. The Labute approximate surface area is 113 Å². The topological polar surface area (TPSA) is 0 Å². The van der Waals surface area contributed by atoms with Crippen LogP contribution in [0.4, 0.5) is 0 Å². The van der Waals surface area contributed by atoms with E-state index in [0.717, 1.165) is 5.92 Å². The molecule has 1 aliphatic carbocycles. The van der Waals surface area contributed by atoms with Crippen LogP contribution in [-0.4, -0.2) is 15.0 Å². The Morgan fingerprint density at radius 2 is 1.79 bits per heavy atom. The van der Waals surface area contributed by atoms with E-state index in [1.165, 1.54) is 12.8 Å². The van der Waals surface area contributed by atoms with Gasteiger partial charge in [-0.15, -0.1) is 23.2 Å². The summed E-state index contributed by atoms with van der Waals surface area (Å²) < 4.78 is -0.0278. The first-order valence-corrected chi connectivity index (χ1v) is 7.61. The molecular weight excluding hydrogens is 351 g/mol. The maximum absolute atomic E-state index is 6.02. The van der Waals surface area contributed by atoms with Crippen molar-refractivity contribution in [2.45, 2.75) is 29.9 Å². The van der Waals surface area contributed by atoms with Gasteiger partial charge in [-0.25, -0.2) is 0 Å². The van der Waals surface area contributed by atoms with Gasteiger partial charge < -0.3 is 0 Å². The number of alkyl halides is 4. The molecule has 1 fully saturated rings. The van der Waals surface area contributed by atoms with Gasteiger partial charge in [-0.05, 0) is 18.3 Å². The van der Waals surface area contributed by atoms with E-state index in [-0.39, 0.29) is 8.65 Å². The van der Waals surface area contributed by atoms with Gasteiger partial charge in [-0.3, -0.25) is 0 Å². The maximum Gasteiger partial charge on any atom is 0.0922 e. The third kappa shape index (κ3) is 2.01. The zero-order valence-corrected chi connectivity index (χ0v) is 13.2. The smallest absolute Gasteiger partial charge is 0.0922 e. The second-order valence-corrected chi connectivity index (χ2v) is 8.45. The summed E-state index contributed by atoms with van der Waals surface area (Å²) in [6.07, 6.45) is 2.40. The normalized spacial score (nSPS) is 30.0. The van der Waals surface area contributed by atoms with Gasteiger partial charge in [0.2, 0.25) is 0 Å². The van der Waals surface area contributed by atoms with Crippen LogP contribution in [0.25, 0.3) is 0 Å². The van der Waals surface area contributed by atoms with Crippen molar-refractivity contribution in [1.82, 2.24) is 0 Å². The molecule has 0 radical (unpaired) electrons. The lowest BCUT2D eigenvalue weighted by molar-refractivity contribution is 0.433. The van der Waals surface area contributed by atoms with Crippen LogP contribution in [0.2, 0.25) is 0 Å². The molecule has 0 aromatic heterocycles. The molecule has 0 nitrogen and oxygen atoms in total. The second-order valence-electron chi connectivity index (χ2n) is 4.35. The number of hydrogen-bond acceptors (Lipinski definition) is 0. The molecule has 0 N–H and O–H groups in total. The lowest BCUT2D eigenvalue weighted by Crippen LogP contribution is -2.13. The molecule has 2 unspecified atom stereocenters. The van der Waals surface area contributed by atoms with Crippen molar-refractivity contribution >= 4 is 55.1 Å². The molecule has 0 spiro atoms. The predicted molar refractivity (Wildman–Crippen MR) is 72.0 cm³/mol. The molecule has 2 atom stereocenters. The third-order valence-electron chi connectivity index (χ3n) is 3.50. The number of halogens is 4. The minimum Gasteiger partial charge on any atom is -0.126 e. The molecule has 4 heteroatoms. The predicted octanol–water partition coefficient (Wildman–Crippen LogP) is 5.00. The van der Waals surface area contributed by atoms with Gasteiger partial charge in [0.15, 0.2) is 0 Å². The van der Waals surface area contributed by atoms with E-state index in [1.54, 1.807) is 0 Å². The lowest BCUT2D eigenvalue weighted by Gasteiger charge is -2.11. The highest BCUT2D eigenvalue weighted by molar-refractivity contribution is 9.25. The summed E-state index contributed by atoms with van der Waals surface area (Å²) in [6.45, 7) is 4.50. The highest BCUT2D eigenvalue weighted by Gasteiger charge is 2.73. The van der Waals surface area contributed by atoms with Crippen molar-refractivity contribution in [1.29, 1.82) is 0 Å². The zero-order valence-electron chi connectivity index (χ0n) is 8.49. The first-order chi connectivity index (χ1) is 6.46. The van der Waals surface area contributed by atoms with Crippen LogP contribution in [0.5, 0.6) is 0 Å². The molecule has 0 aliphatic heterocycles. The Morgan fingerprint density at radius 1 is 1.29 bits per heavy atom. The van der Waals surface area contributed by atoms with E-state index in [0.29, 0.717) is 17.7 Å². The molecule has 0 saturated heterocycles. The average Bonchev–Trinajstić information content (AvgIpc) is 2.63. The highest BCUT2D eigenvalue weighted by Crippen LogP contribution is 2.73. The van der Waals surface area contributed by atoms with Crippen LogP contribution in [0.3, 0.4) is 0 Å². The van der Waals surface area contributed by atoms with Crippen LogP contribution in [0.1, 0.15) is 26.7 Å². The quantitative estimate of drug-likeness (QED) is 0.600. The lowest BCUT2D eigenvalue weighted by atomic mass is 9.97. The molecular formula is C10H16Br2Cl2. The number of rotatable bonds is 5. The fourth-order valence-corrected chi connectivity index (χ4v) is 5.79. The van der Waals surface area contributed by atoms with Gasteiger partial charge in [0.05, 0.1) is 3.23 Å². The van der Waals surface area contributed by atoms with Crippen LogP contribution < -0.4 is 0 Å². The Balaban J connectivity index is 2.64. The van der Waals surface area contributed by atoms with Crippen LogP contribution in [-0.2, 0) is 0 Å². The van der Waals surface area contributed by atoms with Gasteiger partial charge in [-0.2, -0.15) is 0 Å². The van der Waals surface area contributed by atoms with Gasteiger partial charge in [0.25, 0.3) is 0 Å². The Morgan fingerprint density at radius 3 is 2.07 bits per heavy atom. The van der Waals surface area contributed by atoms with Crippen molar-refractivity contribution in [3.63, 3.8) is 0 Å². The van der Waals surface area contributed by atoms with Crippen LogP contribution >= 0.6 is 55.1 Å². The van der Waals surface area contributed by atoms with Crippen molar-refractivity contribution in [3.8, 4) is 0 Å². The van der Waals surface area contributed by atoms with E-state index < -0.39 is 0 Å². The van der Waals surface area contributed by atoms with E-state index in [9.17, 15) is 0 Å². The summed E-state index contributed by atoms with van der Waals surface area (Å²) in [6, 6.07) is 0. The fraction of sp³-hybridized carbons (Fsp3) is 1.00. The minimum absolute atomic E-state index is 0.0278. The van der Waals surface area contributed by atoms with Gasteiger partial charge >= 0.3 is 0 Å². The fourth-order valence-electron chi connectivity index (χ4n) is 1.93. The largest absolute Gasteiger partial charge is 0.126 e. The molecule has 0 heterocycles. The Bertz CT molecular complexity index is 202. The van der Waals surface area contributed by atoms with Gasteiger partial charge in [0, 0.05) is 17.2 Å². The summed E-state index contributed by atoms with van der Waals surface area (Å²) in [5.74, 6) is 2.53. The SMILES string of the molecule is CCC(C)CC1C(Br)(Br)C1(CCl)CCl. The molecule has 0 aromatic carbocycles. The molecule has 84 valence electrons. The molecule has 14 heavy (non-hydrogen) atoms. The Kier molecular flexibility index (Phi) is 4.67. The molecule has 0 bridgehead atoms. The van der Waals surface area contributed by atoms with Crippen molar-refractivity contribution < 1.29 is 0 Å². The third-order valence-corrected chi connectivity index (χ3v) is 7.14. The average molecular weight is 367 g/mol. The molecule has 1 saturated carbocycles.